The second-order valence-corrected chi connectivity index (χ2v) is 8.45. The lowest BCUT2D eigenvalue weighted by atomic mass is 10.2. The fourth-order valence-electron chi connectivity index (χ4n) is 2.48. The smallest absolute Gasteiger partial charge is 0.257 e. The SMILES string of the molecule is O=C(Nc1nncs1)c1ccc(Cl)c(S(=O)(=O)N2CCCCC2)c1. The summed E-state index contributed by atoms with van der Waals surface area (Å²) in [6, 6.07) is 4.21. The summed E-state index contributed by atoms with van der Waals surface area (Å²) in [6.45, 7) is 0.944. The molecule has 1 aromatic heterocycles. The van der Waals surface area contributed by atoms with Crippen molar-refractivity contribution in [2.75, 3.05) is 18.4 Å². The molecule has 0 aliphatic carbocycles. The van der Waals surface area contributed by atoms with Crippen LogP contribution < -0.4 is 5.32 Å². The molecule has 0 atom stereocenters. The van der Waals surface area contributed by atoms with Crippen molar-refractivity contribution in [2.45, 2.75) is 24.2 Å². The Morgan fingerprint density at radius 1 is 1.25 bits per heavy atom. The Morgan fingerprint density at radius 2 is 2.00 bits per heavy atom. The van der Waals surface area contributed by atoms with Gasteiger partial charge in [0.15, 0.2) is 0 Å². The standard InChI is InChI=1S/C14H15ClN4O3S2/c15-11-5-4-10(13(20)17-14-18-16-9-23-14)8-12(11)24(21,22)19-6-2-1-3-7-19/h4-5,8-9H,1-3,6-7H2,(H,17,18,20). The molecule has 2 aromatic rings. The molecule has 1 aliphatic heterocycles. The lowest BCUT2D eigenvalue weighted by Crippen LogP contribution is -2.35. The number of aromatic nitrogens is 2. The second-order valence-electron chi connectivity index (χ2n) is 5.31. The van der Waals surface area contributed by atoms with Crippen molar-refractivity contribution >= 4 is 44.0 Å². The van der Waals surface area contributed by atoms with Crippen LogP contribution in [0.5, 0.6) is 0 Å². The quantitative estimate of drug-likeness (QED) is 0.871. The largest absolute Gasteiger partial charge is 0.296 e. The maximum Gasteiger partial charge on any atom is 0.257 e. The van der Waals surface area contributed by atoms with Gasteiger partial charge in [0.2, 0.25) is 15.2 Å². The number of rotatable bonds is 4. The van der Waals surface area contributed by atoms with Gasteiger partial charge in [0.1, 0.15) is 10.4 Å². The first-order valence-electron chi connectivity index (χ1n) is 7.36. The first-order chi connectivity index (χ1) is 11.5. The molecule has 2 heterocycles. The number of amides is 1. The van der Waals surface area contributed by atoms with Crippen molar-refractivity contribution in [3.63, 3.8) is 0 Å². The number of sulfonamides is 1. The fraction of sp³-hybridized carbons (Fsp3) is 0.357. The number of hydrogen-bond donors (Lipinski definition) is 1. The number of nitrogens with zero attached hydrogens (tertiary/aromatic N) is 3. The zero-order chi connectivity index (χ0) is 17.2. The molecule has 3 rings (SSSR count). The lowest BCUT2D eigenvalue weighted by molar-refractivity contribution is 0.102. The summed E-state index contributed by atoms with van der Waals surface area (Å²) in [5, 5.41) is 10.4. The number of anilines is 1. The highest BCUT2D eigenvalue weighted by molar-refractivity contribution is 7.89. The molecule has 1 amide bonds. The van der Waals surface area contributed by atoms with Crippen LogP contribution in [-0.4, -0.2) is 41.9 Å². The average molecular weight is 387 g/mol. The van der Waals surface area contributed by atoms with Gasteiger partial charge >= 0.3 is 0 Å². The van der Waals surface area contributed by atoms with Gasteiger partial charge in [-0.3, -0.25) is 10.1 Å². The van der Waals surface area contributed by atoms with Crippen LogP contribution in [-0.2, 0) is 10.0 Å². The maximum atomic E-state index is 12.8. The molecule has 0 spiro atoms. The van der Waals surface area contributed by atoms with E-state index in [1.54, 1.807) is 0 Å². The van der Waals surface area contributed by atoms with E-state index in [-0.39, 0.29) is 15.5 Å². The van der Waals surface area contributed by atoms with Gasteiger partial charge in [-0.1, -0.05) is 29.4 Å². The van der Waals surface area contributed by atoms with E-state index in [1.807, 2.05) is 0 Å². The summed E-state index contributed by atoms with van der Waals surface area (Å²) in [5.41, 5.74) is 1.69. The highest BCUT2D eigenvalue weighted by Gasteiger charge is 2.28. The fourth-order valence-corrected chi connectivity index (χ4v) is 4.94. The summed E-state index contributed by atoms with van der Waals surface area (Å²) < 4.78 is 27.0. The van der Waals surface area contributed by atoms with E-state index < -0.39 is 15.9 Å². The average Bonchev–Trinajstić information content (AvgIpc) is 3.09. The number of nitrogens with one attached hydrogen (secondary N) is 1. The van der Waals surface area contributed by atoms with Crippen LogP contribution in [0.3, 0.4) is 0 Å². The third-order valence-electron chi connectivity index (χ3n) is 3.71. The first kappa shape index (κ1) is 17.3. The summed E-state index contributed by atoms with van der Waals surface area (Å²) in [5.74, 6) is -0.460. The van der Waals surface area contributed by atoms with Crippen LogP contribution in [0, 0.1) is 0 Å². The van der Waals surface area contributed by atoms with Crippen molar-refractivity contribution in [2.24, 2.45) is 0 Å². The van der Waals surface area contributed by atoms with Gasteiger partial charge in [-0.2, -0.15) is 4.31 Å². The van der Waals surface area contributed by atoms with Crippen molar-refractivity contribution in [1.29, 1.82) is 0 Å². The van der Waals surface area contributed by atoms with E-state index in [9.17, 15) is 13.2 Å². The molecule has 0 bridgehead atoms. The van der Waals surface area contributed by atoms with Crippen LogP contribution in [0.25, 0.3) is 0 Å². The zero-order valence-corrected chi connectivity index (χ0v) is 15.0. The third kappa shape index (κ3) is 3.59. The number of carbonyl (C=O) groups excluding carboxylic acids is 1. The highest BCUT2D eigenvalue weighted by atomic mass is 35.5. The summed E-state index contributed by atoms with van der Waals surface area (Å²) in [7, 11) is -3.71. The Bertz CT molecular complexity index is 834. The predicted octanol–water partition coefficient (Wildman–Crippen LogP) is 2.62. The number of hydrogen-bond acceptors (Lipinski definition) is 6. The molecule has 0 unspecified atom stereocenters. The molecule has 0 saturated carbocycles. The maximum absolute atomic E-state index is 12.8. The van der Waals surface area contributed by atoms with E-state index in [0.29, 0.717) is 18.2 Å². The number of halogens is 1. The van der Waals surface area contributed by atoms with Crippen molar-refractivity contribution in [1.82, 2.24) is 14.5 Å². The Balaban J connectivity index is 1.89. The van der Waals surface area contributed by atoms with Crippen LogP contribution in [0.15, 0.2) is 28.6 Å². The second kappa shape index (κ2) is 7.14. The van der Waals surface area contributed by atoms with Gasteiger partial charge in [0.05, 0.1) is 5.02 Å². The minimum Gasteiger partial charge on any atom is -0.296 e. The van der Waals surface area contributed by atoms with E-state index in [2.05, 4.69) is 15.5 Å². The minimum atomic E-state index is -3.71. The van der Waals surface area contributed by atoms with E-state index in [0.717, 1.165) is 19.3 Å². The van der Waals surface area contributed by atoms with Gasteiger partial charge in [-0.25, -0.2) is 8.42 Å². The number of piperidine rings is 1. The molecule has 7 nitrogen and oxygen atoms in total. The number of benzene rings is 1. The van der Waals surface area contributed by atoms with Crippen LogP contribution in [0.2, 0.25) is 5.02 Å². The molecule has 1 aromatic carbocycles. The monoisotopic (exact) mass is 386 g/mol. The normalized spacial score (nSPS) is 16.0. The van der Waals surface area contributed by atoms with Crippen molar-refractivity contribution in [3.8, 4) is 0 Å². The van der Waals surface area contributed by atoms with Crippen LogP contribution in [0.4, 0.5) is 5.13 Å². The van der Waals surface area contributed by atoms with E-state index in [4.69, 9.17) is 11.6 Å². The van der Waals surface area contributed by atoms with E-state index >= 15 is 0 Å². The molecule has 10 heteroatoms. The Kier molecular flexibility index (Phi) is 5.14. The molecule has 0 radical (unpaired) electrons. The molecule has 1 aliphatic rings. The van der Waals surface area contributed by atoms with Gasteiger partial charge in [-0.05, 0) is 31.0 Å². The minimum absolute atomic E-state index is 0.0454. The lowest BCUT2D eigenvalue weighted by Gasteiger charge is -2.26. The predicted molar refractivity (Wildman–Crippen MR) is 91.9 cm³/mol. The molecule has 1 N–H and O–H groups in total. The van der Waals surface area contributed by atoms with Crippen LogP contribution in [0.1, 0.15) is 29.6 Å². The molecule has 1 saturated heterocycles. The topological polar surface area (TPSA) is 92.3 Å². The Morgan fingerprint density at radius 3 is 2.67 bits per heavy atom. The van der Waals surface area contributed by atoms with Crippen molar-refractivity contribution in [3.05, 3.63) is 34.3 Å². The Labute approximate surface area is 148 Å². The van der Waals surface area contributed by atoms with Gasteiger partial charge in [0, 0.05) is 18.7 Å². The Hall–Kier alpha value is -1.55. The molecule has 1 fully saturated rings. The first-order valence-corrected chi connectivity index (χ1v) is 10.1. The molecule has 128 valence electrons. The summed E-state index contributed by atoms with van der Waals surface area (Å²) >= 11 is 7.26. The van der Waals surface area contributed by atoms with Crippen LogP contribution >= 0.6 is 22.9 Å². The van der Waals surface area contributed by atoms with Gasteiger partial charge < -0.3 is 0 Å². The zero-order valence-electron chi connectivity index (χ0n) is 12.6. The van der Waals surface area contributed by atoms with Gasteiger partial charge in [-0.15, -0.1) is 10.2 Å². The summed E-state index contributed by atoms with van der Waals surface area (Å²) in [4.78, 5) is 12.2. The third-order valence-corrected chi connectivity index (χ3v) is 6.69. The van der Waals surface area contributed by atoms with Crippen molar-refractivity contribution < 1.29 is 13.2 Å². The molecular formula is C14H15ClN4O3S2. The molecule has 24 heavy (non-hydrogen) atoms. The van der Waals surface area contributed by atoms with E-state index in [1.165, 1.54) is 39.4 Å². The highest BCUT2D eigenvalue weighted by Crippen LogP contribution is 2.28. The number of carbonyl (C=O) groups is 1. The van der Waals surface area contributed by atoms with Gasteiger partial charge in [0.25, 0.3) is 5.91 Å². The summed E-state index contributed by atoms with van der Waals surface area (Å²) in [6.07, 6.45) is 2.67. The molecular weight excluding hydrogens is 372 g/mol.